The first kappa shape index (κ1) is 8.93. The molecule has 0 atom stereocenters. The van der Waals surface area contributed by atoms with E-state index in [1.165, 1.54) is 0 Å². The average Bonchev–Trinajstić information content (AvgIpc) is 2.48. The number of carbonyl (C=O) groups is 2. The van der Waals surface area contributed by atoms with Gasteiger partial charge in [-0.1, -0.05) is 0 Å². The number of hydrogen-bond donors (Lipinski definition) is 2. The van der Waals surface area contributed by atoms with Crippen LogP contribution in [0.25, 0.3) is 0 Å². The van der Waals surface area contributed by atoms with Crippen LogP contribution in [0.2, 0.25) is 0 Å². The minimum absolute atomic E-state index is 0.00116. The molecule has 0 aliphatic heterocycles. The van der Waals surface area contributed by atoms with Crippen LogP contribution in [-0.2, 0) is 6.42 Å². The van der Waals surface area contributed by atoms with Crippen LogP contribution in [0, 0.1) is 0 Å². The lowest BCUT2D eigenvalue weighted by Gasteiger charge is -1.96. The second-order valence-corrected chi connectivity index (χ2v) is 3.42. The summed E-state index contributed by atoms with van der Waals surface area (Å²) in [5.74, 6) is -0.547. The highest BCUT2D eigenvalue weighted by molar-refractivity contribution is 6.00. The molecule has 1 aromatic rings. The van der Waals surface area contributed by atoms with Crippen molar-refractivity contribution >= 4 is 11.7 Å². The van der Waals surface area contributed by atoms with Crippen LogP contribution in [0.4, 0.5) is 0 Å². The van der Waals surface area contributed by atoms with Crippen molar-refractivity contribution < 1.29 is 9.59 Å². The Balaban J connectivity index is 2.50. The lowest BCUT2D eigenvalue weighted by molar-refractivity contribution is 0.0975. The molecule has 0 saturated heterocycles. The molecule has 5 nitrogen and oxygen atoms in total. The molecule has 1 aromatic heterocycles. The number of H-pyrrole nitrogens is 1. The monoisotopic (exact) mass is 193 g/mol. The van der Waals surface area contributed by atoms with Gasteiger partial charge in [-0.15, -0.1) is 0 Å². The fraction of sp³-hybridized carbons (Fsp3) is 0.444. The molecule has 0 aromatic carbocycles. The number of fused-ring (bicyclic) bond motifs is 1. The predicted molar refractivity (Wildman–Crippen MR) is 49.0 cm³/mol. The second kappa shape index (κ2) is 3.25. The zero-order valence-corrected chi connectivity index (χ0v) is 7.67. The zero-order chi connectivity index (χ0) is 10.1. The van der Waals surface area contributed by atoms with Crippen LogP contribution >= 0.6 is 0 Å². The van der Waals surface area contributed by atoms with Crippen molar-refractivity contribution in [2.24, 2.45) is 5.73 Å². The van der Waals surface area contributed by atoms with Crippen LogP contribution < -0.4 is 5.73 Å². The molecule has 3 N–H and O–H groups in total. The number of primary amides is 1. The number of aromatic amines is 1. The number of ketones is 1. The van der Waals surface area contributed by atoms with Crippen LogP contribution in [-0.4, -0.2) is 21.9 Å². The van der Waals surface area contributed by atoms with E-state index in [2.05, 4.69) is 10.2 Å². The molecule has 0 radical (unpaired) electrons. The smallest absolute Gasteiger partial charge is 0.267 e. The third-order valence-electron chi connectivity index (χ3n) is 2.46. The van der Waals surface area contributed by atoms with E-state index in [1.54, 1.807) is 0 Å². The Kier molecular flexibility index (Phi) is 2.07. The number of Topliss-reactive ketones (excluding diaryl/α,β-unsaturated/α-hetero) is 1. The molecule has 0 spiro atoms. The van der Waals surface area contributed by atoms with Gasteiger partial charge in [-0.25, -0.2) is 0 Å². The fourth-order valence-electron chi connectivity index (χ4n) is 1.75. The summed E-state index contributed by atoms with van der Waals surface area (Å²) in [5.41, 5.74) is 6.54. The number of amides is 1. The van der Waals surface area contributed by atoms with Gasteiger partial charge in [0.05, 0.1) is 0 Å². The number of nitrogens with one attached hydrogen (secondary N) is 1. The van der Waals surface area contributed by atoms with E-state index in [-0.39, 0.29) is 11.5 Å². The summed E-state index contributed by atoms with van der Waals surface area (Å²) in [6.07, 6.45) is 2.97. The van der Waals surface area contributed by atoms with Crippen molar-refractivity contribution in [1.82, 2.24) is 10.2 Å². The predicted octanol–water partition coefficient (Wildman–Crippen LogP) is 0.418. The first-order valence-corrected chi connectivity index (χ1v) is 4.60. The van der Waals surface area contributed by atoms with Crippen molar-refractivity contribution in [2.75, 3.05) is 0 Å². The van der Waals surface area contributed by atoms with Gasteiger partial charge in [0.2, 0.25) is 0 Å². The van der Waals surface area contributed by atoms with E-state index in [0.29, 0.717) is 24.1 Å². The Hall–Kier alpha value is -1.65. The average molecular weight is 193 g/mol. The molecule has 2 rings (SSSR count). The van der Waals surface area contributed by atoms with Crippen LogP contribution in [0.15, 0.2) is 0 Å². The van der Waals surface area contributed by atoms with Gasteiger partial charge in [0.1, 0.15) is 11.4 Å². The van der Waals surface area contributed by atoms with Crippen LogP contribution in [0.3, 0.4) is 0 Å². The van der Waals surface area contributed by atoms with Crippen molar-refractivity contribution in [3.8, 4) is 0 Å². The minimum Gasteiger partial charge on any atom is -0.364 e. The minimum atomic E-state index is -0.548. The Morgan fingerprint density at radius 1 is 1.36 bits per heavy atom. The number of nitrogens with zero attached hydrogens (tertiary/aromatic N) is 1. The molecule has 0 saturated carbocycles. The number of carbonyl (C=O) groups excluding carboxylic acids is 2. The number of aromatic nitrogens is 2. The van der Waals surface area contributed by atoms with Gasteiger partial charge < -0.3 is 5.73 Å². The highest BCUT2D eigenvalue weighted by Crippen LogP contribution is 2.21. The number of nitrogens with two attached hydrogens (primary N) is 1. The molecule has 14 heavy (non-hydrogen) atoms. The van der Waals surface area contributed by atoms with Crippen molar-refractivity contribution in [2.45, 2.75) is 25.7 Å². The van der Waals surface area contributed by atoms with Gasteiger partial charge in [-0.3, -0.25) is 14.7 Å². The molecule has 1 aliphatic carbocycles. The van der Waals surface area contributed by atoms with E-state index in [4.69, 9.17) is 5.73 Å². The standard InChI is InChI=1S/C9H11N3O2/c10-9(14)8-5-3-1-2-4-6(13)7(5)11-12-8/h1-4H2,(H2,10,14)(H,11,12). The Bertz CT molecular complexity index is 395. The Morgan fingerprint density at radius 2 is 2.07 bits per heavy atom. The molecule has 0 bridgehead atoms. The highest BCUT2D eigenvalue weighted by Gasteiger charge is 2.23. The second-order valence-electron chi connectivity index (χ2n) is 3.42. The summed E-state index contributed by atoms with van der Waals surface area (Å²) >= 11 is 0. The Labute approximate surface area is 80.7 Å². The molecule has 74 valence electrons. The number of rotatable bonds is 1. The Morgan fingerprint density at radius 3 is 2.79 bits per heavy atom. The fourth-order valence-corrected chi connectivity index (χ4v) is 1.75. The van der Waals surface area contributed by atoms with Gasteiger partial charge in [0.25, 0.3) is 5.91 Å². The van der Waals surface area contributed by atoms with Crippen LogP contribution in [0.1, 0.15) is 45.8 Å². The maximum atomic E-state index is 11.5. The van der Waals surface area contributed by atoms with E-state index in [9.17, 15) is 9.59 Å². The van der Waals surface area contributed by atoms with Gasteiger partial charge >= 0.3 is 0 Å². The van der Waals surface area contributed by atoms with Crippen LogP contribution in [0.5, 0.6) is 0 Å². The zero-order valence-electron chi connectivity index (χ0n) is 7.67. The van der Waals surface area contributed by atoms with E-state index < -0.39 is 5.91 Å². The van der Waals surface area contributed by atoms with E-state index in [0.717, 1.165) is 12.8 Å². The maximum absolute atomic E-state index is 11.5. The molecule has 1 amide bonds. The summed E-state index contributed by atoms with van der Waals surface area (Å²) in [5, 5.41) is 6.37. The normalized spacial score (nSPS) is 16.1. The number of hydrogen-bond acceptors (Lipinski definition) is 3. The summed E-state index contributed by atoms with van der Waals surface area (Å²) in [6.45, 7) is 0. The molecule has 0 unspecified atom stereocenters. The largest absolute Gasteiger partial charge is 0.364 e. The van der Waals surface area contributed by atoms with Crippen molar-refractivity contribution in [3.63, 3.8) is 0 Å². The topological polar surface area (TPSA) is 88.8 Å². The van der Waals surface area contributed by atoms with Gasteiger partial charge in [0, 0.05) is 12.0 Å². The first-order chi connectivity index (χ1) is 6.70. The van der Waals surface area contributed by atoms with Gasteiger partial charge in [0.15, 0.2) is 5.78 Å². The third kappa shape index (κ3) is 1.30. The van der Waals surface area contributed by atoms with Gasteiger partial charge in [-0.05, 0) is 19.3 Å². The molecule has 5 heteroatoms. The SMILES string of the molecule is NC(=O)c1[nH]nc2c1CCCCC2=O. The maximum Gasteiger partial charge on any atom is 0.267 e. The molecule has 0 fully saturated rings. The molecular formula is C9H11N3O2. The lowest BCUT2D eigenvalue weighted by atomic mass is 10.1. The summed E-state index contributed by atoms with van der Waals surface area (Å²) in [7, 11) is 0. The molecule has 1 aliphatic rings. The quantitative estimate of drug-likeness (QED) is 0.633. The molecular weight excluding hydrogens is 182 g/mol. The first-order valence-electron chi connectivity index (χ1n) is 4.60. The van der Waals surface area contributed by atoms with Crippen molar-refractivity contribution in [3.05, 3.63) is 17.0 Å². The molecule has 1 heterocycles. The summed E-state index contributed by atoms with van der Waals surface area (Å²) < 4.78 is 0. The van der Waals surface area contributed by atoms with Crippen molar-refractivity contribution in [1.29, 1.82) is 0 Å². The van der Waals surface area contributed by atoms with E-state index in [1.807, 2.05) is 0 Å². The van der Waals surface area contributed by atoms with E-state index >= 15 is 0 Å². The summed E-state index contributed by atoms with van der Waals surface area (Å²) in [6, 6.07) is 0. The van der Waals surface area contributed by atoms with Gasteiger partial charge in [-0.2, -0.15) is 5.10 Å². The highest BCUT2D eigenvalue weighted by atomic mass is 16.1. The summed E-state index contributed by atoms with van der Waals surface area (Å²) in [4.78, 5) is 22.5. The third-order valence-corrected chi connectivity index (χ3v) is 2.46. The lowest BCUT2D eigenvalue weighted by Crippen LogP contribution is -2.14.